The van der Waals surface area contributed by atoms with Crippen LogP contribution in [-0.4, -0.2) is 53.7 Å². The summed E-state index contributed by atoms with van der Waals surface area (Å²) in [6.45, 7) is 11.6. The highest BCUT2D eigenvalue weighted by atomic mass is 16.6. The van der Waals surface area contributed by atoms with E-state index in [2.05, 4.69) is 11.8 Å². The van der Waals surface area contributed by atoms with Gasteiger partial charge in [-0.1, -0.05) is 0 Å². The summed E-state index contributed by atoms with van der Waals surface area (Å²) >= 11 is 0. The van der Waals surface area contributed by atoms with Crippen molar-refractivity contribution in [2.24, 2.45) is 5.92 Å². The normalized spacial score (nSPS) is 23.9. The Labute approximate surface area is 110 Å². The molecule has 2 rings (SSSR count). The fourth-order valence-electron chi connectivity index (χ4n) is 2.52. The molecular formula is C14H26N2O2. The molecule has 18 heavy (non-hydrogen) atoms. The molecular weight excluding hydrogens is 228 g/mol. The minimum atomic E-state index is -0.393. The fraction of sp³-hybridized carbons (Fsp3) is 0.929. The Hall–Kier alpha value is -0.770. The zero-order valence-corrected chi connectivity index (χ0v) is 12.1. The Morgan fingerprint density at radius 3 is 2.17 bits per heavy atom. The van der Waals surface area contributed by atoms with E-state index in [0.29, 0.717) is 6.04 Å². The zero-order valence-electron chi connectivity index (χ0n) is 12.1. The molecule has 2 aliphatic rings. The first-order valence-electron chi connectivity index (χ1n) is 7.09. The third kappa shape index (κ3) is 3.61. The lowest BCUT2D eigenvalue weighted by molar-refractivity contribution is 0.0101. The Bertz CT molecular complexity index is 299. The van der Waals surface area contributed by atoms with Crippen LogP contribution in [0.2, 0.25) is 0 Å². The Kier molecular flexibility index (Phi) is 3.85. The standard InChI is InChI=1S/C14H26N2O2/c1-11(12-5-6-12)15-7-9-16(10-8-15)13(17)18-14(2,3)4/h11-12H,5-10H2,1-4H3. The van der Waals surface area contributed by atoms with Gasteiger partial charge >= 0.3 is 6.09 Å². The van der Waals surface area contributed by atoms with Gasteiger partial charge in [-0.2, -0.15) is 0 Å². The average molecular weight is 254 g/mol. The van der Waals surface area contributed by atoms with Gasteiger partial charge in [0.2, 0.25) is 0 Å². The average Bonchev–Trinajstić information content (AvgIpc) is 3.10. The van der Waals surface area contributed by atoms with E-state index < -0.39 is 5.60 Å². The Morgan fingerprint density at radius 1 is 1.17 bits per heavy atom. The lowest BCUT2D eigenvalue weighted by atomic mass is 10.1. The number of carbonyl (C=O) groups is 1. The van der Waals surface area contributed by atoms with Crippen LogP contribution in [0.25, 0.3) is 0 Å². The third-order valence-corrected chi connectivity index (χ3v) is 3.85. The SMILES string of the molecule is CC(C1CC1)N1CCN(C(=O)OC(C)(C)C)CC1. The van der Waals surface area contributed by atoms with Gasteiger partial charge in [-0.3, -0.25) is 4.90 Å². The van der Waals surface area contributed by atoms with Crippen LogP contribution in [0.15, 0.2) is 0 Å². The van der Waals surface area contributed by atoms with E-state index in [9.17, 15) is 4.79 Å². The molecule has 0 N–H and O–H groups in total. The molecule has 1 aliphatic heterocycles. The van der Waals surface area contributed by atoms with Gasteiger partial charge in [-0.05, 0) is 46.5 Å². The highest BCUT2D eigenvalue weighted by Gasteiger charge is 2.34. The third-order valence-electron chi connectivity index (χ3n) is 3.85. The summed E-state index contributed by atoms with van der Waals surface area (Å²) in [5, 5.41) is 0. The molecule has 0 bridgehead atoms. The summed E-state index contributed by atoms with van der Waals surface area (Å²) < 4.78 is 5.40. The number of carbonyl (C=O) groups excluding carboxylic acids is 1. The molecule has 0 aromatic rings. The van der Waals surface area contributed by atoms with E-state index in [1.807, 2.05) is 25.7 Å². The first-order chi connectivity index (χ1) is 8.37. The van der Waals surface area contributed by atoms with Crippen LogP contribution in [0.5, 0.6) is 0 Å². The van der Waals surface area contributed by atoms with E-state index >= 15 is 0 Å². The molecule has 1 unspecified atom stereocenters. The maximum absolute atomic E-state index is 11.9. The van der Waals surface area contributed by atoms with E-state index in [4.69, 9.17) is 4.74 Å². The summed E-state index contributed by atoms with van der Waals surface area (Å²) in [6, 6.07) is 0.686. The van der Waals surface area contributed by atoms with Gasteiger partial charge < -0.3 is 9.64 Å². The zero-order chi connectivity index (χ0) is 13.3. The molecule has 1 saturated carbocycles. The van der Waals surface area contributed by atoms with Gasteiger partial charge in [0.25, 0.3) is 0 Å². The Morgan fingerprint density at radius 2 is 1.72 bits per heavy atom. The Balaban J connectivity index is 1.77. The van der Waals surface area contributed by atoms with Gasteiger partial charge in [0.1, 0.15) is 5.60 Å². The molecule has 4 heteroatoms. The van der Waals surface area contributed by atoms with Gasteiger partial charge in [0, 0.05) is 32.2 Å². The molecule has 2 fully saturated rings. The molecule has 1 aliphatic carbocycles. The lowest BCUT2D eigenvalue weighted by Crippen LogP contribution is -2.52. The van der Waals surface area contributed by atoms with Crippen molar-refractivity contribution in [2.75, 3.05) is 26.2 Å². The monoisotopic (exact) mass is 254 g/mol. The quantitative estimate of drug-likeness (QED) is 0.758. The highest BCUT2D eigenvalue weighted by molar-refractivity contribution is 5.68. The molecule has 0 aromatic carbocycles. The number of nitrogens with zero attached hydrogens (tertiary/aromatic N) is 2. The van der Waals surface area contributed by atoms with Crippen molar-refractivity contribution in [3.63, 3.8) is 0 Å². The molecule has 4 nitrogen and oxygen atoms in total. The summed E-state index contributed by atoms with van der Waals surface area (Å²) in [7, 11) is 0. The molecule has 0 radical (unpaired) electrons. The van der Waals surface area contributed by atoms with Crippen LogP contribution in [0.4, 0.5) is 4.79 Å². The van der Waals surface area contributed by atoms with Crippen LogP contribution in [-0.2, 0) is 4.74 Å². The maximum atomic E-state index is 11.9. The van der Waals surface area contributed by atoms with E-state index in [1.165, 1.54) is 12.8 Å². The van der Waals surface area contributed by atoms with Crippen molar-refractivity contribution >= 4 is 6.09 Å². The van der Waals surface area contributed by atoms with Crippen LogP contribution in [0.3, 0.4) is 0 Å². The van der Waals surface area contributed by atoms with Crippen LogP contribution >= 0.6 is 0 Å². The molecule has 1 amide bonds. The first-order valence-corrected chi connectivity index (χ1v) is 7.09. The summed E-state index contributed by atoms with van der Waals surface area (Å²) in [5.41, 5.74) is -0.393. The second kappa shape index (κ2) is 5.08. The van der Waals surface area contributed by atoms with E-state index in [1.54, 1.807) is 0 Å². The number of rotatable bonds is 2. The summed E-state index contributed by atoms with van der Waals surface area (Å²) in [6.07, 6.45) is 2.60. The summed E-state index contributed by atoms with van der Waals surface area (Å²) in [4.78, 5) is 16.3. The van der Waals surface area contributed by atoms with Crippen LogP contribution in [0.1, 0.15) is 40.5 Å². The van der Waals surface area contributed by atoms with Crippen LogP contribution in [0, 0.1) is 5.92 Å². The number of hydrogen-bond acceptors (Lipinski definition) is 3. The molecule has 104 valence electrons. The van der Waals surface area contributed by atoms with Crippen molar-refractivity contribution in [1.29, 1.82) is 0 Å². The molecule has 1 saturated heterocycles. The van der Waals surface area contributed by atoms with E-state index in [-0.39, 0.29) is 6.09 Å². The minimum absolute atomic E-state index is 0.166. The van der Waals surface area contributed by atoms with Crippen molar-refractivity contribution in [2.45, 2.75) is 52.2 Å². The number of ether oxygens (including phenoxy) is 1. The number of piperazine rings is 1. The molecule has 1 atom stereocenters. The number of hydrogen-bond donors (Lipinski definition) is 0. The largest absolute Gasteiger partial charge is 0.444 e. The van der Waals surface area contributed by atoms with Crippen molar-refractivity contribution in [3.05, 3.63) is 0 Å². The predicted octanol–water partition coefficient (Wildman–Crippen LogP) is 2.34. The van der Waals surface area contributed by atoms with Gasteiger partial charge in [0.15, 0.2) is 0 Å². The van der Waals surface area contributed by atoms with E-state index in [0.717, 1.165) is 32.1 Å². The minimum Gasteiger partial charge on any atom is -0.444 e. The smallest absolute Gasteiger partial charge is 0.410 e. The molecule has 1 heterocycles. The first kappa shape index (κ1) is 13.7. The molecule has 0 spiro atoms. The number of amides is 1. The second-order valence-electron chi connectivity index (χ2n) is 6.58. The fourth-order valence-corrected chi connectivity index (χ4v) is 2.52. The molecule has 0 aromatic heterocycles. The second-order valence-corrected chi connectivity index (χ2v) is 6.58. The summed E-state index contributed by atoms with van der Waals surface area (Å²) in [5.74, 6) is 0.901. The van der Waals surface area contributed by atoms with Gasteiger partial charge in [0.05, 0.1) is 0 Å². The topological polar surface area (TPSA) is 32.8 Å². The van der Waals surface area contributed by atoms with Crippen molar-refractivity contribution < 1.29 is 9.53 Å². The highest BCUT2D eigenvalue weighted by Crippen LogP contribution is 2.35. The lowest BCUT2D eigenvalue weighted by Gasteiger charge is -2.38. The predicted molar refractivity (Wildman–Crippen MR) is 71.6 cm³/mol. The van der Waals surface area contributed by atoms with Crippen LogP contribution < -0.4 is 0 Å². The van der Waals surface area contributed by atoms with Gasteiger partial charge in [-0.25, -0.2) is 4.79 Å². The van der Waals surface area contributed by atoms with Crippen molar-refractivity contribution in [1.82, 2.24) is 9.80 Å². The van der Waals surface area contributed by atoms with Crippen molar-refractivity contribution in [3.8, 4) is 0 Å². The maximum Gasteiger partial charge on any atom is 0.410 e. The van der Waals surface area contributed by atoms with Gasteiger partial charge in [-0.15, -0.1) is 0 Å².